The first kappa shape index (κ1) is 22.6. The first-order valence-electron chi connectivity index (χ1n) is 9.79. The highest BCUT2D eigenvalue weighted by atomic mass is 32.2. The molecule has 1 fully saturated rings. The minimum atomic E-state index is -4.36. The summed E-state index contributed by atoms with van der Waals surface area (Å²) in [6.45, 7) is 2.88. The molecule has 9 heteroatoms. The average Bonchev–Trinajstić information content (AvgIpc) is 2.71. The van der Waals surface area contributed by atoms with Crippen molar-refractivity contribution in [1.29, 1.82) is 0 Å². The summed E-state index contributed by atoms with van der Waals surface area (Å²) in [6, 6.07) is 15.3. The number of anilines is 1. The van der Waals surface area contributed by atoms with E-state index in [2.05, 4.69) is 9.62 Å². The van der Waals surface area contributed by atoms with Crippen molar-refractivity contribution >= 4 is 15.7 Å². The fourth-order valence-corrected chi connectivity index (χ4v) is 4.28. The lowest BCUT2D eigenvalue weighted by molar-refractivity contribution is -0.137. The standard InChI is InChI=1S/C21H26F3N3O2S/c1-30(28,29)25-11-10-20(17-6-3-2-4-7-17)27-14-12-26(13-15-27)19-9-5-8-18(16-19)21(22,23)24/h2-9,16,20,25H,10-15H2,1H3. The highest BCUT2D eigenvalue weighted by molar-refractivity contribution is 7.88. The fraction of sp³-hybridized carbons (Fsp3) is 0.429. The third-order valence-corrected chi connectivity index (χ3v) is 5.99. The van der Waals surface area contributed by atoms with E-state index >= 15 is 0 Å². The van der Waals surface area contributed by atoms with Crippen LogP contribution in [0.3, 0.4) is 0 Å². The molecule has 0 spiro atoms. The maximum atomic E-state index is 13.0. The van der Waals surface area contributed by atoms with Crippen LogP contribution >= 0.6 is 0 Å². The summed E-state index contributed by atoms with van der Waals surface area (Å²) in [6.07, 6.45) is -2.61. The first-order chi connectivity index (χ1) is 14.1. The van der Waals surface area contributed by atoms with Crippen LogP contribution in [0.5, 0.6) is 0 Å². The van der Waals surface area contributed by atoms with E-state index in [4.69, 9.17) is 0 Å². The van der Waals surface area contributed by atoms with Gasteiger partial charge in [0, 0.05) is 44.5 Å². The van der Waals surface area contributed by atoms with Gasteiger partial charge in [-0.1, -0.05) is 36.4 Å². The van der Waals surface area contributed by atoms with Crippen LogP contribution in [0.4, 0.5) is 18.9 Å². The van der Waals surface area contributed by atoms with Gasteiger partial charge < -0.3 is 4.90 Å². The van der Waals surface area contributed by atoms with Gasteiger partial charge in [-0.3, -0.25) is 4.90 Å². The molecule has 1 heterocycles. The van der Waals surface area contributed by atoms with Gasteiger partial charge in [0.25, 0.3) is 0 Å². The molecule has 0 amide bonds. The summed E-state index contributed by atoms with van der Waals surface area (Å²) in [5.41, 5.74) is 1.02. The Morgan fingerprint density at radius 1 is 1.00 bits per heavy atom. The van der Waals surface area contributed by atoms with Crippen LogP contribution in [-0.2, 0) is 16.2 Å². The van der Waals surface area contributed by atoms with E-state index < -0.39 is 21.8 Å². The molecule has 0 aromatic heterocycles. The Labute approximate surface area is 175 Å². The predicted octanol–water partition coefficient (Wildman–Crippen LogP) is 3.51. The molecule has 5 nitrogen and oxygen atoms in total. The van der Waals surface area contributed by atoms with Crippen molar-refractivity contribution in [2.45, 2.75) is 18.6 Å². The Kier molecular flexibility index (Phi) is 7.05. The molecular weight excluding hydrogens is 415 g/mol. The zero-order valence-electron chi connectivity index (χ0n) is 16.8. The highest BCUT2D eigenvalue weighted by Gasteiger charge is 2.31. The van der Waals surface area contributed by atoms with E-state index in [0.717, 1.165) is 17.9 Å². The Balaban J connectivity index is 1.68. The summed E-state index contributed by atoms with van der Waals surface area (Å²) >= 11 is 0. The van der Waals surface area contributed by atoms with Crippen molar-refractivity contribution < 1.29 is 21.6 Å². The minimum Gasteiger partial charge on any atom is -0.369 e. The normalized spacial score (nSPS) is 17.1. The summed E-state index contributed by atoms with van der Waals surface area (Å²) in [5, 5.41) is 0. The molecule has 0 bridgehead atoms. The molecule has 3 rings (SSSR count). The number of nitrogens with zero attached hydrogens (tertiary/aromatic N) is 2. The van der Waals surface area contributed by atoms with Gasteiger partial charge in [-0.2, -0.15) is 13.2 Å². The Hall–Kier alpha value is -2.10. The summed E-state index contributed by atoms with van der Waals surface area (Å²) in [5.74, 6) is 0. The lowest BCUT2D eigenvalue weighted by Gasteiger charge is -2.40. The van der Waals surface area contributed by atoms with E-state index in [1.165, 1.54) is 12.1 Å². The molecule has 0 radical (unpaired) electrons. The number of halogens is 3. The largest absolute Gasteiger partial charge is 0.416 e. The fourth-order valence-electron chi connectivity index (χ4n) is 3.79. The van der Waals surface area contributed by atoms with Crippen molar-refractivity contribution in [3.63, 3.8) is 0 Å². The summed E-state index contributed by atoms with van der Waals surface area (Å²) < 4.78 is 64.4. The molecule has 1 N–H and O–H groups in total. The SMILES string of the molecule is CS(=O)(=O)NCCC(c1ccccc1)N1CCN(c2cccc(C(F)(F)F)c2)CC1. The van der Waals surface area contributed by atoms with Gasteiger partial charge in [0.2, 0.25) is 10.0 Å². The third-order valence-electron chi connectivity index (χ3n) is 5.26. The van der Waals surface area contributed by atoms with Crippen LogP contribution in [-0.4, -0.2) is 52.3 Å². The van der Waals surface area contributed by atoms with Crippen LogP contribution in [0.15, 0.2) is 54.6 Å². The summed E-state index contributed by atoms with van der Waals surface area (Å²) in [4.78, 5) is 4.23. The van der Waals surface area contributed by atoms with Gasteiger partial charge in [-0.05, 0) is 30.2 Å². The van der Waals surface area contributed by atoms with Gasteiger partial charge in [-0.15, -0.1) is 0 Å². The van der Waals surface area contributed by atoms with E-state index in [1.54, 1.807) is 6.07 Å². The van der Waals surface area contributed by atoms with Crippen molar-refractivity contribution in [2.24, 2.45) is 0 Å². The van der Waals surface area contributed by atoms with E-state index in [1.807, 2.05) is 35.2 Å². The maximum Gasteiger partial charge on any atom is 0.416 e. The van der Waals surface area contributed by atoms with Gasteiger partial charge in [0.15, 0.2) is 0 Å². The molecule has 1 saturated heterocycles. The number of benzene rings is 2. The molecule has 1 atom stereocenters. The zero-order valence-corrected chi connectivity index (χ0v) is 17.6. The quantitative estimate of drug-likeness (QED) is 0.715. The van der Waals surface area contributed by atoms with Crippen LogP contribution in [0.25, 0.3) is 0 Å². The number of alkyl halides is 3. The monoisotopic (exact) mass is 441 g/mol. The van der Waals surface area contributed by atoms with Crippen molar-refractivity contribution in [1.82, 2.24) is 9.62 Å². The number of hydrogen-bond donors (Lipinski definition) is 1. The zero-order chi connectivity index (χ0) is 21.8. The molecule has 1 aliphatic rings. The molecule has 0 saturated carbocycles. The van der Waals surface area contributed by atoms with Crippen molar-refractivity contribution in [3.05, 3.63) is 65.7 Å². The number of rotatable bonds is 7. The van der Waals surface area contributed by atoms with Gasteiger partial charge in [0.1, 0.15) is 0 Å². The van der Waals surface area contributed by atoms with Gasteiger partial charge in [-0.25, -0.2) is 13.1 Å². The van der Waals surface area contributed by atoms with E-state index in [9.17, 15) is 21.6 Å². The first-order valence-corrected chi connectivity index (χ1v) is 11.7. The molecule has 2 aromatic carbocycles. The Morgan fingerprint density at radius 3 is 2.27 bits per heavy atom. The molecule has 0 aliphatic carbocycles. The number of sulfonamides is 1. The minimum absolute atomic E-state index is 0.0316. The molecular formula is C21H26F3N3O2S. The van der Waals surface area contributed by atoms with E-state index in [0.29, 0.717) is 44.8 Å². The lowest BCUT2D eigenvalue weighted by Crippen LogP contribution is -2.48. The Morgan fingerprint density at radius 2 is 1.67 bits per heavy atom. The third kappa shape index (κ3) is 6.20. The molecule has 1 aliphatic heterocycles. The van der Waals surface area contributed by atoms with E-state index in [-0.39, 0.29) is 6.04 Å². The number of hydrogen-bond acceptors (Lipinski definition) is 4. The highest BCUT2D eigenvalue weighted by Crippen LogP contribution is 2.32. The maximum absolute atomic E-state index is 13.0. The lowest BCUT2D eigenvalue weighted by atomic mass is 10.0. The molecule has 164 valence electrons. The van der Waals surface area contributed by atoms with Gasteiger partial charge in [0.05, 0.1) is 11.8 Å². The molecule has 1 unspecified atom stereocenters. The van der Waals surface area contributed by atoms with Crippen LogP contribution < -0.4 is 9.62 Å². The van der Waals surface area contributed by atoms with Crippen LogP contribution in [0.1, 0.15) is 23.6 Å². The summed E-state index contributed by atoms with van der Waals surface area (Å²) in [7, 11) is -3.26. The average molecular weight is 442 g/mol. The molecule has 2 aromatic rings. The Bertz CT molecular complexity index is 928. The molecule has 30 heavy (non-hydrogen) atoms. The van der Waals surface area contributed by atoms with Crippen LogP contribution in [0, 0.1) is 0 Å². The predicted molar refractivity (Wildman–Crippen MR) is 112 cm³/mol. The topological polar surface area (TPSA) is 52.7 Å². The second-order valence-corrected chi connectivity index (χ2v) is 9.29. The van der Waals surface area contributed by atoms with Crippen LogP contribution in [0.2, 0.25) is 0 Å². The van der Waals surface area contributed by atoms with Crippen molar-refractivity contribution in [2.75, 3.05) is 43.9 Å². The second-order valence-electron chi connectivity index (χ2n) is 7.45. The number of nitrogens with one attached hydrogen (secondary N) is 1. The van der Waals surface area contributed by atoms with Gasteiger partial charge >= 0.3 is 6.18 Å². The van der Waals surface area contributed by atoms with Crippen molar-refractivity contribution in [3.8, 4) is 0 Å². The number of piperazine rings is 1. The smallest absolute Gasteiger partial charge is 0.369 e. The second kappa shape index (κ2) is 9.36.